The standard InChI is InChI=1S/C15H10ClIN2O3S/c16-8-5-6-12(10(7-8)14(21)22)18-15(23)19-13(20)9-3-1-2-4-11(9)17/h1-7H,(H,21,22)(H2,18,19,20,23). The number of carboxylic acid groups (broad SMARTS) is 1. The van der Waals surface area contributed by atoms with Gasteiger partial charge in [0.05, 0.1) is 16.8 Å². The molecule has 0 saturated heterocycles. The van der Waals surface area contributed by atoms with Gasteiger partial charge in [0.2, 0.25) is 0 Å². The topological polar surface area (TPSA) is 78.4 Å². The van der Waals surface area contributed by atoms with Crippen molar-refractivity contribution in [3.8, 4) is 0 Å². The molecule has 0 aromatic heterocycles. The third kappa shape index (κ3) is 4.63. The fraction of sp³-hybridized carbons (Fsp3) is 0. The van der Waals surface area contributed by atoms with Crippen molar-refractivity contribution in [2.24, 2.45) is 0 Å². The summed E-state index contributed by atoms with van der Waals surface area (Å²) in [5, 5.41) is 14.7. The molecule has 0 heterocycles. The lowest BCUT2D eigenvalue weighted by Gasteiger charge is -2.12. The monoisotopic (exact) mass is 460 g/mol. The Labute approximate surface area is 156 Å². The third-order valence-electron chi connectivity index (χ3n) is 2.81. The maximum absolute atomic E-state index is 12.2. The largest absolute Gasteiger partial charge is 0.478 e. The first-order valence-corrected chi connectivity index (χ1v) is 8.14. The predicted molar refractivity (Wildman–Crippen MR) is 101 cm³/mol. The van der Waals surface area contributed by atoms with Crippen molar-refractivity contribution >= 4 is 69.1 Å². The van der Waals surface area contributed by atoms with E-state index < -0.39 is 5.97 Å². The highest BCUT2D eigenvalue weighted by Gasteiger charge is 2.14. The molecule has 118 valence electrons. The molecule has 2 rings (SSSR count). The Morgan fingerprint density at radius 3 is 2.48 bits per heavy atom. The van der Waals surface area contributed by atoms with E-state index in [-0.39, 0.29) is 22.3 Å². The lowest BCUT2D eigenvalue weighted by Crippen LogP contribution is -2.34. The number of halogens is 2. The summed E-state index contributed by atoms with van der Waals surface area (Å²) >= 11 is 12.9. The fourth-order valence-corrected chi connectivity index (χ4v) is 2.78. The highest BCUT2D eigenvalue weighted by atomic mass is 127. The Hall–Kier alpha value is -1.71. The van der Waals surface area contributed by atoms with Crippen LogP contribution in [0.15, 0.2) is 42.5 Å². The van der Waals surface area contributed by atoms with Gasteiger partial charge in [0.1, 0.15) is 0 Å². The van der Waals surface area contributed by atoms with Crippen LogP contribution in [0.25, 0.3) is 0 Å². The summed E-state index contributed by atoms with van der Waals surface area (Å²) in [5.41, 5.74) is 0.685. The van der Waals surface area contributed by atoms with Crippen LogP contribution >= 0.6 is 46.4 Å². The average Bonchev–Trinajstić information content (AvgIpc) is 2.49. The van der Waals surface area contributed by atoms with Gasteiger partial charge in [0, 0.05) is 8.59 Å². The lowest BCUT2D eigenvalue weighted by molar-refractivity contribution is 0.0698. The molecule has 0 radical (unpaired) electrons. The van der Waals surface area contributed by atoms with E-state index in [0.717, 1.165) is 3.57 Å². The van der Waals surface area contributed by atoms with Crippen LogP contribution in [0.4, 0.5) is 5.69 Å². The number of hydrogen-bond donors (Lipinski definition) is 3. The van der Waals surface area contributed by atoms with Crippen molar-refractivity contribution in [2.75, 3.05) is 5.32 Å². The number of benzene rings is 2. The fourth-order valence-electron chi connectivity index (χ4n) is 1.77. The average molecular weight is 461 g/mol. The van der Waals surface area contributed by atoms with Gasteiger partial charge in [-0.15, -0.1) is 0 Å². The second-order valence-corrected chi connectivity index (χ2v) is 6.39. The summed E-state index contributed by atoms with van der Waals surface area (Å²) in [6.07, 6.45) is 0. The Kier molecular flexibility index (Phi) is 5.91. The zero-order valence-electron chi connectivity index (χ0n) is 11.5. The number of carbonyl (C=O) groups excluding carboxylic acids is 1. The van der Waals surface area contributed by atoms with Crippen LogP contribution in [0.3, 0.4) is 0 Å². The molecule has 0 bridgehead atoms. The maximum Gasteiger partial charge on any atom is 0.337 e. The molecule has 0 aliphatic rings. The minimum absolute atomic E-state index is 0.000486. The van der Waals surface area contributed by atoms with Gasteiger partial charge in [-0.2, -0.15) is 0 Å². The molecule has 0 fully saturated rings. The Morgan fingerprint density at radius 2 is 1.83 bits per heavy atom. The van der Waals surface area contributed by atoms with Crippen molar-refractivity contribution in [2.45, 2.75) is 0 Å². The molecule has 0 aliphatic heterocycles. The van der Waals surface area contributed by atoms with Gasteiger partial charge >= 0.3 is 5.97 Å². The number of carboxylic acids is 1. The minimum atomic E-state index is -1.15. The van der Waals surface area contributed by atoms with E-state index in [1.165, 1.54) is 18.2 Å². The molecule has 23 heavy (non-hydrogen) atoms. The lowest BCUT2D eigenvalue weighted by atomic mass is 10.2. The zero-order valence-corrected chi connectivity index (χ0v) is 15.2. The summed E-state index contributed by atoms with van der Waals surface area (Å²) < 4.78 is 0.781. The molecular weight excluding hydrogens is 451 g/mol. The van der Waals surface area contributed by atoms with E-state index in [1.807, 2.05) is 28.7 Å². The van der Waals surface area contributed by atoms with Gasteiger partial charge in [0.25, 0.3) is 5.91 Å². The molecule has 3 N–H and O–H groups in total. The quantitative estimate of drug-likeness (QED) is 0.480. The van der Waals surface area contributed by atoms with Crippen molar-refractivity contribution in [3.05, 3.63) is 62.2 Å². The van der Waals surface area contributed by atoms with Gasteiger partial charge in [-0.25, -0.2) is 4.79 Å². The number of nitrogens with one attached hydrogen (secondary N) is 2. The highest BCUT2D eigenvalue weighted by Crippen LogP contribution is 2.20. The molecular formula is C15H10ClIN2O3S. The molecule has 8 heteroatoms. The molecule has 0 spiro atoms. The van der Waals surface area contributed by atoms with Crippen LogP contribution in [0, 0.1) is 3.57 Å². The molecule has 2 aromatic rings. The molecule has 0 unspecified atom stereocenters. The Balaban J connectivity index is 2.13. The normalized spacial score (nSPS) is 10.0. The van der Waals surface area contributed by atoms with Crippen LogP contribution in [-0.4, -0.2) is 22.1 Å². The summed E-state index contributed by atoms with van der Waals surface area (Å²) in [5.74, 6) is -1.53. The number of anilines is 1. The number of thiocarbonyl (C=S) groups is 1. The summed E-state index contributed by atoms with van der Waals surface area (Å²) in [7, 11) is 0. The second-order valence-electron chi connectivity index (χ2n) is 4.38. The van der Waals surface area contributed by atoms with E-state index in [4.69, 9.17) is 28.9 Å². The van der Waals surface area contributed by atoms with Crippen LogP contribution in [-0.2, 0) is 0 Å². The van der Waals surface area contributed by atoms with Gasteiger partial charge < -0.3 is 10.4 Å². The van der Waals surface area contributed by atoms with Crippen molar-refractivity contribution in [1.29, 1.82) is 0 Å². The van der Waals surface area contributed by atoms with Crippen LogP contribution in [0.5, 0.6) is 0 Å². The number of hydrogen-bond acceptors (Lipinski definition) is 3. The SMILES string of the molecule is O=C(NC(=S)Nc1ccc(Cl)cc1C(=O)O)c1ccccc1I. The molecule has 0 saturated carbocycles. The number of carbonyl (C=O) groups is 2. The van der Waals surface area contributed by atoms with E-state index >= 15 is 0 Å². The maximum atomic E-state index is 12.2. The predicted octanol–water partition coefficient (Wildman–Crippen LogP) is 3.77. The van der Waals surface area contributed by atoms with Gasteiger partial charge in [-0.3, -0.25) is 10.1 Å². The van der Waals surface area contributed by atoms with Gasteiger partial charge in [-0.1, -0.05) is 23.7 Å². The van der Waals surface area contributed by atoms with E-state index in [2.05, 4.69) is 10.6 Å². The summed E-state index contributed by atoms with van der Waals surface area (Å²) in [6, 6.07) is 11.4. The van der Waals surface area contributed by atoms with E-state index in [1.54, 1.807) is 18.2 Å². The molecule has 0 aliphatic carbocycles. The van der Waals surface area contributed by atoms with Gasteiger partial charge in [-0.05, 0) is 65.1 Å². The first kappa shape index (κ1) is 17.6. The Morgan fingerprint density at radius 1 is 1.13 bits per heavy atom. The highest BCUT2D eigenvalue weighted by molar-refractivity contribution is 14.1. The van der Waals surface area contributed by atoms with Crippen LogP contribution in [0.2, 0.25) is 5.02 Å². The third-order valence-corrected chi connectivity index (χ3v) is 4.19. The number of amides is 1. The molecule has 1 amide bonds. The summed E-state index contributed by atoms with van der Waals surface area (Å²) in [6.45, 7) is 0. The van der Waals surface area contributed by atoms with Crippen LogP contribution < -0.4 is 10.6 Å². The van der Waals surface area contributed by atoms with Crippen molar-refractivity contribution in [1.82, 2.24) is 5.32 Å². The zero-order chi connectivity index (χ0) is 17.0. The smallest absolute Gasteiger partial charge is 0.337 e. The second kappa shape index (κ2) is 7.71. The van der Waals surface area contributed by atoms with E-state index in [0.29, 0.717) is 10.6 Å². The van der Waals surface area contributed by atoms with Crippen molar-refractivity contribution in [3.63, 3.8) is 0 Å². The first-order chi connectivity index (χ1) is 10.9. The minimum Gasteiger partial charge on any atom is -0.478 e. The van der Waals surface area contributed by atoms with Crippen molar-refractivity contribution < 1.29 is 14.7 Å². The van der Waals surface area contributed by atoms with Gasteiger partial charge in [0.15, 0.2) is 5.11 Å². The number of aromatic carboxylic acids is 1. The first-order valence-electron chi connectivity index (χ1n) is 6.28. The Bertz CT molecular complexity index is 798. The molecule has 5 nitrogen and oxygen atoms in total. The molecule has 0 atom stereocenters. The summed E-state index contributed by atoms with van der Waals surface area (Å²) in [4.78, 5) is 23.4. The van der Waals surface area contributed by atoms with E-state index in [9.17, 15) is 9.59 Å². The molecule has 2 aromatic carbocycles. The van der Waals surface area contributed by atoms with Crippen LogP contribution in [0.1, 0.15) is 20.7 Å². The number of rotatable bonds is 3.